The Morgan fingerprint density at radius 1 is 0.944 bits per heavy atom. The first kappa shape index (κ1) is 10.9. The Hall–Kier alpha value is -2.18. The largest absolute Gasteiger partial charge is 0.336 e. The van der Waals surface area contributed by atoms with Gasteiger partial charge in [-0.1, -0.05) is 5.16 Å². The van der Waals surface area contributed by atoms with Gasteiger partial charge in [0.15, 0.2) is 23.3 Å². The highest BCUT2D eigenvalue weighted by atomic mass is 19.2. The lowest BCUT2D eigenvalue weighted by Crippen LogP contribution is -1.99. The second-order valence-corrected chi connectivity index (χ2v) is 3.76. The Morgan fingerprint density at radius 2 is 1.61 bits per heavy atom. The normalized spacial score (nSPS) is 11.6. The summed E-state index contributed by atoms with van der Waals surface area (Å²) in [6.45, 7) is 1.56. The van der Waals surface area contributed by atoms with E-state index in [-0.39, 0.29) is 5.71 Å². The fraction of sp³-hybridized carbons (Fsp3) is 0.0909. The molecule has 0 atom stereocenters. The van der Waals surface area contributed by atoms with Crippen LogP contribution < -0.4 is 0 Å². The molecule has 0 aliphatic heterocycles. The van der Waals surface area contributed by atoms with Gasteiger partial charge < -0.3 is 4.52 Å². The maximum absolute atomic E-state index is 13.5. The molecule has 92 valence electrons. The number of aryl methyl sites for hydroxylation is 1. The average molecular weight is 256 g/mol. The molecule has 0 amide bonds. The third-order valence-corrected chi connectivity index (χ3v) is 2.67. The van der Waals surface area contributed by atoms with Gasteiger partial charge in [0, 0.05) is 5.39 Å². The minimum atomic E-state index is -1.90. The Labute approximate surface area is 97.0 Å². The van der Waals surface area contributed by atoms with E-state index in [2.05, 4.69) is 10.1 Å². The third-order valence-electron chi connectivity index (χ3n) is 2.67. The molecule has 0 fully saturated rings. The summed E-state index contributed by atoms with van der Waals surface area (Å²) in [5, 5.41) is 3.41. The van der Waals surface area contributed by atoms with Crippen molar-refractivity contribution in [3.8, 4) is 0 Å². The number of fused-ring (bicyclic) bond motifs is 2. The maximum atomic E-state index is 13.5. The second kappa shape index (κ2) is 3.41. The Morgan fingerprint density at radius 3 is 2.33 bits per heavy atom. The Kier molecular flexibility index (Phi) is 2.07. The van der Waals surface area contributed by atoms with Gasteiger partial charge in [0.1, 0.15) is 5.52 Å². The summed E-state index contributed by atoms with van der Waals surface area (Å²) in [5.41, 5.74) is -0.303. The summed E-state index contributed by atoms with van der Waals surface area (Å²) in [6.07, 6.45) is 0. The van der Waals surface area contributed by atoms with Crippen LogP contribution in [-0.2, 0) is 0 Å². The quantitative estimate of drug-likeness (QED) is 0.352. The molecule has 3 aromatic rings. The van der Waals surface area contributed by atoms with Gasteiger partial charge in [0.25, 0.3) is 5.71 Å². The molecule has 0 N–H and O–H groups in total. The number of aromatic nitrogens is 2. The van der Waals surface area contributed by atoms with E-state index in [9.17, 15) is 17.6 Å². The molecule has 18 heavy (non-hydrogen) atoms. The monoisotopic (exact) mass is 256 g/mol. The summed E-state index contributed by atoms with van der Waals surface area (Å²) in [7, 11) is 0. The van der Waals surface area contributed by atoms with Crippen LogP contribution in [0.25, 0.3) is 22.0 Å². The topological polar surface area (TPSA) is 38.9 Å². The van der Waals surface area contributed by atoms with Crippen LogP contribution in [0.15, 0.2) is 10.6 Å². The van der Waals surface area contributed by atoms with E-state index < -0.39 is 34.2 Å². The summed E-state index contributed by atoms with van der Waals surface area (Å²) < 4.78 is 57.9. The van der Waals surface area contributed by atoms with Gasteiger partial charge in [-0.3, -0.25) is 0 Å². The van der Waals surface area contributed by atoms with Gasteiger partial charge in [0.2, 0.25) is 0 Å². The molecule has 1 aromatic carbocycles. The number of hydrogen-bond donors (Lipinski definition) is 0. The van der Waals surface area contributed by atoms with Gasteiger partial charge in [-0.15, -0.1) is 0 Å². The van der Waals surface area contributed by atoms with Gasteiger partial charge in [-0.05, 0) is 13.0 Å². The Bertz CT molecular complexity index is 797. The van der Waals surface area contributed by atoms with Gasteiger partial charge in [0.05, 0.1) is 11.1 Å². The highest BCUT2D eigenvalue weighted by molar-refractivity contribution is 5.92. The lowest BCUT2D eigenvalue weighted by atomic mass is 10.1. The summed E-state index contributed by atoms with van der Waals surface area (Å²) in [6, 6.07) is 1.13. The van der Waals surface area contributed by atoms with Crippen molar-refractivity contribution < 1.29 is 22.1 Å². The van der Waals surface area contributed by atoms with Crippen LogP contribution in [-0.4, -0.2) is 10.1 Å². The van der Waals surface area contributed by atoms with Crippen molar-refractivity contribution >= 4 is 22.0 Å². The number of benzene rings is 1. The molecule has 7 heteroatoms. The molecular weight excluding hydrogens is 252 g/mol. The lowest BCUT2D eigenvalue weighted by Gasteiger charge is -2.03. The molecule has 0 saturated heterocycles. The fourth-order valence-electron chi connectivity index (χ4n) is 1.74. The smallest absolute Gasteiger partial charge is 0.258 e. The SMILES string of the molecule is Cc1noc2nc3c(F)c(F)c(F)c(F)c3cc12. The van der Waals surface area contributed by atoms with E-state index in [1.54, 1.807) is 6.92 Å². The molecule has 0 aliphatic rings. The highest BCUT2D eigenvalue weighted by Gasteiger charge is 2.23. The van der Waals surface area contributed by atoms with Crippen LogP contribution in [0.4, 0.5) is 17.6 Å². The van der Waals surface area contributed by atoms with Crippen LogP contribution in [0.2, 0.25) is 0 Å². The number of nitrogens with zero attached hydrogens (tertiary/aromatic N) is 2. The van der Waals surface area contributed by atoms with Gasteiger partial charge in [-0.2, -0.15) is 0 Å². The van der Waals surface area contributed by atoms with Gasteiger partial charge in [-0.25, -0.2) is 22.5 Å². The van der Waals surface area contributed by atoms with Crippen molar-refractivity contribution in [3.63, 3.8) is 0 Å². The lowest BCUT2D eigenvalue weighted by molar-refractivity contribution is 0.416. The molecule has 0 saturated carbocycles. The molecule has 3 rings (SSSR count). The average Bonchev–Trinajstić information content (AvgIpc) is 2.73. The molecular formula is C11H4F4N2O. The van der Waals surface area contributed by atoms with Crippen molar-refractivity contribution in [2.45, 2.75) is 6.92 Å². The van der Waals surface area contributed by atoms with Crippen LogP contribution in [0, 0.1) is 30.2 Å². The molecule has 0 spiro atoms. The molecule has 3 nitrogen and oxygen atoms in total. The predicted octanol–water partition coefficient (Wildman–Crippen LogP) is 3.24. The predicted molar refractivity (Wildman–Crippen MR) is 53.9 cm³/mol. The zero-order valence-electron chi connectivity index (χ0n) is 8.89. The van der Waals surface area contributed by atoms with Crippen molar-refractivity contribution in [2.24, 2.45) is 0 Å². The van der Waals surface area contributed by atoms with Crippen LogP contribution in [0.1, 0.15) is 5.69 Å². The van der Waals surface area contributed by atoms with E-state index in [4.69, 9.17) is 4.52 Å². The molecule has 0 unspecified atom stereocenters. The van der Waals surface area contributed by atoms with Crippen LogP contribution in [0.3, 0.4) is 0 Å². The standard InChI is InChI=1S/C11H4F4N2O/c1-3-4-2-5-6(12)7(13)8(14)9(15)10(5)16-11(4)18-17-3/h2H,1H3. The minimum Gasteiger partial charge on any atom is -0.336 e. The van der Waals surface area contributed by atoms with Crippen molar-refractivity contribution in [2.75, 3.05) is 0 Å². The highest BCUT2D eigenvalue weighted by Crippen LogP contribution is 2.29. The zero-order chi connectivity index (χ0) is 13.0. The van der Waals surface area contributed by atoms with E-state index in [0.29, 0.717) is 11.1 Å². The first-order chi connectivity index (χ1) is 8.50. The van der Waals surface area contributed by atoms with Crippen LogP contribution >= 0.6 is 0 Å². The summed E-state index contributed by atoms with van der Waals surface area (Å²) in [5.74, 6) is -6.81. The molecule has 0 radical (unpaired) electrons. The molecule has 2 heterocycles. The van der Waals surface area contributed by atoms with E-state index in [1.807, 2.05) is 0 Å². The molecule has 0 bridgehead atoms. The van der Waals surface area contributed by atoms with E-state index >= 15 is 0 Å². The fourth-order valence-corrected chi connectivity index (χ4v) is 1.74. The van der Waals surface area contributed by atoms with Crippen molar-refractivity contribution in [3.05, 3.63) is 35.0 Å². The summed E-state index contributed by atoms with van der Waals surface area (Å²) in [4.78, 5) is 3.61. The van der Waals surface area contributed by atoms with Crippen molar-refractivity contribution in [1.29, 1.82) is 0 Å². The Balaban J connectivity index is 2.59. The number of hydrogen-bond acceptors (Lipinski definition) is 3. The summed E-state index contributed by atoms with van der Waals surface area (Å²) >= 11 is 0. The maximum Gasteiger partial charge on any atom is 0.258 e. The number of rotatable bonds is 0. The van der Waals surface area contributed by atoms with E-state index in [1.165, 1.54) is 0 Å². The van der Waals surface area contributed by atoms with Crippen LogP contribution in [0.5, 0.6) is 0 Å². The van der Waals surface area contributed by atoms with Crippen molar-refractivity contribution in [1.82, 2.24) is 10.1 Å². The third kappa shape index (κ3) is 1.24. The molecule has 2 aromatic heterocycles. The second-order valence-electron chi connectivity index (χ2n) is 3.76. The van der Waals surface area contributed by atoms with E-state index in [0.717, 1.165) is 6.07 Å². The molecule has 0 aliphatic carbocycles. The number of halogens is 4. The number of pyridine rings is 1. The first-order valence-electron chi connectivity index (χ1n) is 4.89. The minimum absolute atomic E-state index is 0.0655. The van der Waals surface area contributed by atoms with Gasteiger partial charge >= 0.3 is 0 Å². The first-order valence-corrected chi connectivity index (χ1v) is 4.89. The zero-order valence-corrected chi connectivity index (χ0v) is 8.89.